The monoisotopic (exact) mass is 360 g/mol. The van der Waals surface area contributed by atoms with Crippen molar-refractivity contribution in [2.75, 3.05) is 13.1 Å². The lowest BCUT2D eigenvalue weighted by atomic mass is 9.99. The second-order valence-electron chi connectivity index (χ2n) is 6.77. The number of aromatic nitrogens is 1. The number of aliphatic hydroxyl groups excluding tert-OH is 1. The van der Waals surface area contributed by atoms with E-state index < -0.39 is 12.1 Å². The number of pyridine rings is 1. The Balaban J connectivity index is 2.24. The van der Waals surface area contributed by atoms with Gasteiger partial charge in [0.15, 0.2) is 12.4 Å². The Morgan fingerprint density at radius 3 is 2.35 bits per heavy atom. The summed E-state index contributed by atoms with van der Waals surface area (Å²) in [5, 5.41) is 10.7. The second-order valence-corrected chi connectivity index (χ2v) is 6.77. The molecule has 1 aromatic rings. The first-order chi connectivity index (χ1) is 12.5. The minimum Gasteiger partial charge on any atom is -0.372 e. The zero-order chi connectivity index (χ0) is 19.1. The summed E-state index contributed by atoms with van der Waals surface area (Å²) in [6, 6.07) is 3.50. The van der Waals surface area contributed by atoms with E-state index in [1.807, 2.05) is 56.1 Å². The molecule has 1 aliphatic rings. The third-order valence-corrected chi connectivity index (χ3v) is 4.66. The zero-order valence-electron chi connectivity index (χ0n) is 16.0. The molecular formula is C20H30N3O3+. The normalized spacial score (nSPS) is 21.1. The van der Waals surface area contributed by atoms with E-state index in [9.17, 15) is 14.7 Å². The Bertz CT molecular complexity index is 642. The number of carbonyl (C=O) groups is 2. The standard InChI is InChI=1S/C20H30N3O3/c1-4-6-12-22-18(24)17(9-8-16-10-14-21(3)15-11-16)19(25)23(20(22)26)13-7-5-2/h8-11,14-15,17-18,24H,4-7,12-13H2,1-3H3/q+1/b9-8+. The fraction of sp³-hybridized carbons (Fsp3) is 0.550. The van der Waals surface area contributed by atoms with Gasteiger partial charge >= 0.3 is 6.03 Å². The molecule has 2 atom stereocenters. The number of nitrogens with zero attached hydrogens (tertiary/aromatic N) is 3. The lowest BCUT2D eigenvalue weighted by Gasteiger charge is -2.41. The van der Waals surface area contributed by atoms with Crippen LogP contribution >= 0.6 is 0 Å². The fourth-order valence-corrected chi connectivity index (χ4v) is 2.96. The third kappa shape index (κ3) is 4.69. The average Bonchev–Trinajstić information content (AvgIpc) is 2.63. The van der Waals surface area contributed by atoms with Crippen LogP contribution in [0.15, 0.2) is 30.6 Å². The van der Waals surface area contributed by atoms with E-state index in [-0.39, 0.29) is 11.9 Å². The van der Waals surface area contributed by atoms with Gasteiger partial charge in [0.05, 0.1) is 0 Å². The highest BCUT2D eigenvalue weighted by atomic mass is 16.3. The summed E-state index contributed by atoms with van der Waals surface area (Å²) in [6.45, 7) is 4.91. The van der Waals surface area contributed by atoms with Gasteiger partial charge in [-0.1, -0.05) is 38.8 Å². The van der Waals surface area contributed by atoms with Gasteiger partial charge in [0.25, 0.3) is 0 Å². The largest absolute Gasteiger partial charge is 0.372 e. The van der Waals surface area contributed by atoms with Crippen molar-refractivity contribution in [3.05, 3.63) is 36.2 Å². The number of hydrogen-bond donors (Lipinski definition) is 1. The molecular weight excluding hydrogens is 330 g/mol. The van der Waals surface area contributed by atoms with E-state index >= 15 is 0 Å². The van der Waals surface area contributed by atoms with Gasteiger partial charge in [0.2, 0.25) is 5.91 Å². The number of hydrogen-bond acceptors (Lipinski definition) is 3. The van der Waals surface area contributed by atoms with Crippen LogP contribution in [0.4, 0.5) is 4.79 Å². The maximum absolute atomic E-state index is 12.8. The molecule has 6 nitrogen and oxygen atoms in total. The zero-order valence-corrected chi connectivity index (χ0v) is 16.0. The summed E-state index contributed by atoms with van der Waals surface area (Å²) >= 11 is 0. The predicted molar refractivity (Wildman–Crippen MR) is 99.8 cm³/mol. The summed E-state index contributed by atoms with van der Waals surface area (Å²) in [5.41, 5.74) is 0.945. The predicted octanol–water partition coefficient (Wildman–Crippen LogP) is 2.32. The summed E-state index contributed by atoms with van der Waals surface area (Å²) in [5.74, 6) is -1.06. The lowest BCUT2D eigenvalue weighted by molar-refractivity contribution is -0.671. The molecule has 3 amide bonds. The van der Waals surface area contributed by atoms with Crippen LogP contribution in [-0.2, 0) is 11.8 Å². The van der Waals surface area contributed by atoms with Crippen molar-refractivity contribution in [3.63, 3.8) is 0 Å². The van der Waals surface area contributed by atoms with Gasteiger partial charge in [0, 0.05) is 25.2 Å². The number of imide groups is 1. The fourth-order valence-electron chi connectivity index (χ4n) is 2.96. The van der Waals surface area contributed by atoms with Crippen LogP contribution in [0.1, 0.15) is 45.1 Å². The Kier molecular flexibility index (Phi) is 7.33. The molecule has 1 fully saturated rings. The van der Waals surface area contributed by atoms with Gasteiger partial charge in [0.1, 0.15) is 19.2 Å². The minimum atomic E-state index is -1.12. The van der Waals surface area contributed by atoms with Gasteiger partial charge in [-0.05, 0) is 18.4 Å². The Morgan fingerprint density at radius 1 is 1.12 bits per heavy atom. The highest BCUT2D eigenvalue weighted by Gasteiger charge is 2.43. The van der Waals surface area contributed by atoms with Crippen molar-refractivity contribution >= 4 is 18.0 Å². The second kappa shape index (κ2) is 9.48. The number of aliphatic hydroxyl groups is 1. The van der Waals surface area contributed by atoms with Crippen LogP contribution in [-0.4, -0.2) is 46.2 Å². The van der Waals surface area contributed by atoms with Gasteiger partial charge in [-0.25, -0.2) is 9.36 Å². The Hall–Kier alpha value is -2.21. The van der Waals surface area contributed by atoms with Crippen molar-refractivity contribution in [1.82, 2.24) is 9.80 Å². The first kappa shape index (κ1) is 20.1. The molecule has 1 aliphatic heterocycles. The number of rotatable bonds is 8. The average molecular weight is 360 g/mol. The van der Waals surface area contributed by atoms with Crippen LogP contribution in [0.5, 0.6) is 0 Å². The van der Waals surface area contributed by atoms with Crippen LogP contribution in [0, 0.1) is 5.92 Å². The van der Waals surface area contributed by atoms with Crippen molar-refractivity contribution in [2.24, 2.45) is 13.0 Å². The molecule has 0 spiro atoms. The molecule has 0 aromatic carbocycles. The van der Waals surface area contributed by atoms with Crippen molar-refractivity contribution in [1.29, 1.82) is 0 Å². The maximum Gasteiger partial charge on any atom is 0.328 e. The summed E-state index contributed by atoms with van der Waals surface area (Å²) < 4.78 is 1.93. The Morgan fingerprint density at radius 2 is 1.73 bits per heavy atom. The van der Waals surface area contributed by atoms with Crippen LogP contribution in [0.25, 0.3) is 6.08 Å². The van der Waals surface area contributed by atoms with E-state index in [1.54, 1.807) is 6.08 Å². The van der Waals surface area contributed by atoms with Gasteiger partial charge in [-0.2, -0.15) is 0 Å². The summed E-state index contributed by atoms with van der Waals surface area (Å²) in [7, 11) is 1.94. The molecule has 26 heavy (non-hydrogen) atoms. The van der Waals surface area contributed by atoms with Crippen molar-refractivity contribution in [2.45, 2.75) is 45.8 Å². The number of amides is 3. The number of carbonyl (C=O) groups excluding carboxylic acids is 2. The summed E-state index contributed by atoms with van der Waals surface area (Å²) in [6.07, 6.45) is 9.65. The molecule has 2 rings (SSSR count). The third-order valence-electron chi connectivity index (χ3n) is 4.66. The highest BCUT2D eigenvalue weighted by molar-refractivity contribution is 5.99. The lowest BCUT2D eigenvalue weighted by Crippen LogP contribution is -2.61. The Labute approximate surface area is 155 Å². The molecule has 0 aliphatic carbocycles. The number of urea groups is 1. The van der Waals surface area contributed by atoms with E-state index in [1.165, 1.54) is 9.80 Å². The first-order valence-corrected chi connectivity index (χ1v) is 9.43. The topological polar surface area (TPSA) is 64.7 Å². The van der Waals surface area contributed by atoms with E-state index in [2.05, 4.69) is 0 Å². The van der Waals surface area contributed by atoms with E-state index in [0.717, 1.165) is 31.2 Å². The molecule has 6 heteroatoms. The molecule has 1 N–H and O–H groups in total. The molecule has 2 unspecified atom stereocenters. The van der Waals surface area contributed by atoms with E-state index in [4.69, 9.17) is 0 Å². The quantitative estimate of drug-likeness (QED) is 0.724. The first-order valence-electron chi connectivity index (χ1n) is 9.43. The molecule has 1 saturated heterocycles. The highest BCUT2D eigenvalue weighted by Crippen LogP contribution is 2.24. The molecule has 0 saturated carbocycles. The molecule has 2 heterocycles. The minimum absolute atomic E-state index is 0.318. The number of unbranched alkanes of at least 4 members (excludes halogenated alkanes) is 2. The van der Waals surface area contributed by atoms with Crippen LogP contribution < -0.4 is 4.57 Å². The van der Waals surface area contributed by atoms with Gasteiger partial charge < -0.3 is 5.11 Å². The van der Waals surface area contributed by atoms with Crippen molar-refractivity contribution in [3.8, 4) is 0 Å². The summed E-state index contributed by atoms with van der Waals surface area (Å²) in [4.78, 5) is 28.2. The van der Waals surface area contributed by atoms with E-state index in [0.29, 0.717) is 13.1 Å². The van der Waals surface area contributed by atoms with Crippen molar-refractivity contribution < 1.29 is 19.3 Å². The number of aryl methyl sites for hydroxylation is 1. The smallest absolute Gasteiger partial charge is 0.328 e. The van der Waals surface area contributed by atoms with Crippen LogP contribution in [0.2, 0.25) is 0 Å². The van der Waals surface area contributed by atoms with Crippen LogP contribution in [0.3, 0.4) is 0 Å². The molecule has 0 bridgehead atoms. The SMILES string of the molecule is CCCCN1C(=O)C(/C=C/c2cc[n+](C)cc2)C(O)N(CCCC)C1=O. The maximum atomic E-state index is 12.8. The molecule has 0 radical (unpaired) electrons. The molecule has 142 valence electrons. The van der Waals surface area contributed by atoms with Gasteiger partial charge in [-0.3, -0.25) is 14.6 Å². The van der Waals surface area contributed by atoms with Gasteiger partial charge in [-0.15, -0.1) is 0 Å². The molecule has 1 aromatic heterocycles.